The number of rotatable bonds is 5. The Bertz CT molecular complexity index is 894. The number of hydrogen-bond donors (Lipinski definition) is 0. The second-order valence-electron chi connectivity index (χ2n) is 6.26. The number of hydrogen-bond acceptors (Lipinski definition) is 6. The van der Waals surface area contributed by atoms with Crippen LogP contribution in [-0.2, 0) is 13.2 Å². The number of halogens is 1. The van der Waals surface area contributed by atoms with Gasteiger partial charge in [0, 0.05) is 42.6 Å². The Labute approximate surface area is 166 Å². The van der Waals surface area contributed by atoms with E-state index in [0.717, 1.165) is 38.4 Å². The lowest BCUT2D eigenvalue weighted by Crippen LogP contribution is -2.46. The Balaban J connectivity index is 1.37. The van der Waals surface area contributed by atoms with Crippen molar-refractivity contribution in [3.8, 4) is 5.69 Å². The predicted molar refractivity (Wildman–Crippen MR) is 106 cm³/mol. The summed E-state index contributed by atoms with van der Waals surface area (Å²) in [5.74, 6) is 0. The number of tetrazole rings is 1. The molecule has 2 aromatic heterocycles. The highest BCUT2D eigenvalue weighted by atomic mass is 35.5. The third-order valence-corrected chi connectivity index (χ3v) is 5.97. The monoisotopic (exact) mass is 406 g/mol. The van der Waals surface area contributed by atoms with Crippen molar-refractivity contribution in [1.29, 1.82) is 0 Å². The summed E-state index contributed by atoms with van der Waals surface area (Å²) in [7, 11) is 0. The Morgan fingerprint density at radius 2 is 1.73 bits per heavy atom. The molecule has 0 aliphatic carbocycles. The molecule has 1 aliphatic heterocycles. The van der Waals surface area contributed by atoms with E-state index in [1.54, 1.807) is 9.36 Å². The number of benzene rings is 1. The summed E-state index contributed by atoms with van der Waals surface area (Å²) in [6.07, 6.45) is 0. The first-order chi connectivity index (χ1) is 12.7. The number of thiophene rings is 1. The van der Waals surface area contributed by atoms with Crippen LogP contribution < -0.4 is 0 Å². The average molecular weight is 407 g/mol. The molecule has 0 bridgehead atoms. The summed E-state index contributed by atoms with van der Waals surface area (Å²) in [4.78, 5) is 6.28. The predicted octanol–water partition coefficient (Wildman–Crippen LogP) is 3.29. The van der Waals surface area contributed by atoms with Gasteiger partial charge in [-0.25, -0.2) is 4.68 Å². The van der Waals surface area contributed by atoms with E-state index in [1.807, 2.05) is 35.6 Å². The molecule has 0 saturated carbocycles. The summed E-state index contributed by atoms with van der Waals surface area (Å²) in [5, 5.41) is 11.2. The van der Waals surface area contributed by atoms with E-state index in [-0.39, 0.29) is 0 Å². The van der Waals surface area contributed by atoms with Crippen LogP contribution in [0.2, 0.25) is 5.02 Å². The van der Waals surface area contributed by atoms with Crippen molar-refractivity contribution in [1.82, 2.24) is 29.6 Å². The zero-order chi connectivity index (χ0) is 17.9. The van der Waals surface area contributed by atoms with Gasteiger partial charge in [-0.1, -0.05) is 17.7 Å². The molecule has 26 heavy (non-hydrogen) atoms. The second-order valence-corrected chi connectivity index (χ2v) is 8.10. The number of piperazine rings is 1. The number of nitrogens with zero attached hydrogens (tertiary/aromatic N) is 6. The minimum atomic E-state index is 0.591. The summed E-state index contributed by atoms with van der Waals surface area (Å²) in [5.41, 5.74) is 0.867. The molecule has 0 N–H and O–H groups in total. The maximum Gasteiger partial charge on any atom is 0.221 e. The highest BCUT2D eigenvalue weighted by Gasteiger charge is 2.18. The van der Waals surface area contributed by atoms with Gasteiger partial charge in [0.25, 0.3) is 0 Å². The van der Waals surface area contributed by atoms with Gasteiger partial charge in [-0.3, -0.25) is 9.80 Å². The fraction of sp³-hybridized carbons (Fsp3) is 0.353. The summed E-state index contributed by atoms with van der Waals surface area (Å²) >= 11 is 13.3. The average Bonchev–Trinajstić information content (AvgIpc) is 3.28. The summed E-state index contributed by atoms with van der Waals surface area (Å²) < 4.78 is 4.03. The number of aromatic nitrogens is 4. The molecular formula is C17H19ClN6S2. The van der Waals surface area contributed by atoms with Crippen LogP contribution in [-0.4, -0.2) is 55.8 Å². The molecule has 1 aliphatic rings. The normalized spacial score (nSPS) is 16.2. The molecule has 3 aromatic rings. The van der Waals surface area contributed by atoms with Gasteiger partial charge in [0.05, 0.1) is 12.4 Å². The van der Waals surface area contributed by atoms with Crippen LogP contribution in [0, 0.1) is 4.77 Å². The smallest absolute Gasteiger partial charge is 0.221 e. The zero-order valence-electron chi connectivity index (χ0n) is 14.2. The van der Waals surface area contributed by atoms with Crippen LogP contribution in [0.15, 0.2) is 41.8 Å². The van der Waals surface area contributed by atoms with Crippen LogP contribution in [0.5, 0.6) is 0 Å². The first-order valence-corrected chi connectivity index (χ1v) is 10.1. The second kappa shape index (κ2) is 7.98. The Morgan fingerprint density at radius 3 is 2.42 bits per heavy atom. The van der Waals surface area contributed by atoms with Gasteiger partial charge in [-0.05, 0) is 58.4 Å². The molecule has 1 saturated heterocycles. The Hall–Kier alpha value is -1.58. The lowest BCUT2D eigenvalue weighted by molar-refractivity contribution is 0.0982. The molecule has 0 unspecified atom stereocenters. The van der Waals surface area contributed by atoms with Crippen LogP contribution >= 0.6 is 35.2 Å². The molecule has 4 rings (SSSR count). The van der Waals surface area contributed by atoms with E-state index in [4.69, 9.17) is 23.8 Å². The van der Waals surface area contributed by atoms with E-state index in [2.05, 4.69) is 37.7 Å². The molecule has 0 radical (unpaired) electrons. The van der Waals surface area contributed by atoms with Crippen LogP contribution in [0.3, 0.4) is 0 Å². The van der Waals surface area contributed by atoms with Gasteiger partial charge in [-0.15, -0.1) is 11.3 Å². The van der Waals surface area contributed by atoms with E-state index in [0.29, 0.717) is 16.5 Å². The highest BCUT2D eigenvalue weighted by molar-refractivity contribution is 7.71. The topological polar surface area (TPSA) is 42.1 Å². The van der Waals surface area contributed by atoms with Gasteiger partial charge >= 0.3 is 0 Å². The summed E-state index contributed by atoms with van der Waals surface area (Å²) in [6, 6.07) is 11.7. The Kier molecular flexibility index (Phi) is 5.46. The SMILES string of the molecule is S=c1n(CN2CCN(Cc3cccs3)CC2)nnn1-c1ccc(Cl)cc1. The molecule has 6 nitrogen and oxygen atoms in total. The molecule has 0 amide bonds. The maximum atomic E-state index is 5.94. The molecule has 3 heterocycles. The molecular weight excluding hydrogens is 388 g/mol. The maximum absolute atomic E-state index is 5.94. The third kappa shape index (κ3) is 4.05. The van der Waals surface area contributed by atoms with Gasteiger partial charge in [0.1, 0.15) is 0 Å². The first kappa shape index (κ1) is 17.8. The minimum absolute atomic E-state index is 0.591. The molecule has 0 spiro atoms. The fourth-order valence-corrected chi connectivity index (χ4v) is 4.12. The standard InChI is InChI=1S/C17H19ClN6S2/c18-14-3-5-15(6-4-14)24-17(25)23(19-20-24)13-22-9-7-21(8-10-22)12-16-2-1-11-26-16/h1-6,11H,7-10,12-13H2. The van der Waals surface area contributed by atoms with Crippen molar-refractivity contribution < 1.29 is 0 Å². The van der Waals surface area contributed by atoms with Crippen LogP contribution in [0.25, 0.3) is 5.69 Å². The van der Waals surface area contributed by atoms with Gasteiger partial charge in [-0.2, -0.15) is 4.68 Å². The highest BCUT2D eigenvalue weighted by Crippen LogP contribution is 2.15. The quantitative estimate of drug-likeness (QED) is 0.608. The van der Waals surface area contributed by atoms with E-state index < -0.39 is 0 Å². The van der Waals surface area contributed by atoms with E-state index >= 15 is 0 Å². The molecule has 1 fully saturated rings. The first-order valence-electron chi connectivity index (χ1n) is 8.45. The molecule has 9 heteroatoms. The molecule has 1 aromatic carbocycles. The van der Waals surface area contributed by atoms with Crippen molar-refractivity contribution in [3.63, 3.8) is 0 Å². The minimum Gasteiger partial charge on any atom is -0.296 e. The van der Waals surface area contributed by atoms with Gasteiger partial charge in [0.2, 0.25) is 4.77 Å². The summed E-state index contributed by atoms with van der Waals surface area (Å²) in [6.45, 7) is 5.81. The van der Waals surface area contributed by atoms with Crippen molar-refractivity contribution >= 4 is 35.2 Å². The Morgan fingerprint density at radius 1 is 1.00 bits per heavy atom. The fourth-order valence-electron chi connectivity index (χ4n) is 3.01. The van der Waals surface area contributed by atoms with Crippen LogP contribution in [0.4, 0.5) is 0 Å². The zero-order valence-corrected chi connectivity index (χ0v) is 16.6. The molecule has 136 valence electrons. The van der Waals surface area contributed by atoms with E-state index in [1.165, 1.54) is 4.88 Å². The third-order valence-electron chi connectivity index (χ3n) is 4.47. The van der Waals surface area contributed by atoms with Crippen molar-refractivity contribution in [2.24, 2.45) is 0 Å². The van der Waals surface area contributed by atoms with E-state index in [9.17, 15) is 0 Å². The molecule has 0 atom stereocenters. The van der Waals surface area contributed by atoms with Crippen LogP contribution in [0.1, 0.15) is 4.88 Å². The van der Waals surface area contributed by atoms with Crippen molar-refractivity contribution in [2.45, 2.75) is 13.2 Å². The lowest BCUT2D eigenvalue weighted by Gasteiger charge is -2.34. The van der Waals surface area contributed by atoms with Gasteiger partial charge < -0.3 is 0 Å². The lowest BCUT2D eigenvalue weighted by atomic mass is 10.3. The van der Waals surface area contributed by atoms with Crippen molar-refractivity contribution in [2.75, 3.05) is 26.2 Å². The van der Waals surface area contributed by atoms with Gasteiger partial charge in [0.15, 0.2) is 0 Å². The largest absolute Gasteiger partial charge is 0.296 e. The van der Waals surface area contributed by atoms with Crippen molar-refractivity contribution in [3.05, 3.63) is 56.4 Å².